The first-order valence-electron chi connectivity index (χ1n) is 11.7. The number of aryl methyl sites for hydroxylation is 1. The zero-order chi connectivity index (χ0) is 26.2. The SMILES string of the molecule is CCCN1C(=O)C2(c3ccccc31)c1c(oc3ccc(Cl)cc3c1=O)C(=O)N2c1nc(C)c(C(C)=O)s1. The number of carbonyl (C=O) groups is 3. The smallest absolute Gasteiger partial charge is 0.297 e. The number of rotatable bonds is 4. The summed E-state index contributed by atoms with van der Waals surface area (Å²) in [7, 11) is 0. The average molecular weight is 534 g/mol. The van der Waals surface area contributed by atoms with E-state index < -0.39 is 22.8 Å². The first kappa shape index (κ1) is 23.6. The predicted octanol–water partition coefficient (Wildman–Crippen LogP) is 5.07. The molecule has 0 saturated heterocycles. The van der Waals surface area contributed by atoms with Gasteiger partial charge in [0.25, 0.3) is 11.8 Å². The minimum atomic E-state index is -1.84. The molecule has 1 unspecified atom stereocenters. The molecule has 2 aliphatic heterocycles. The molecule has 0 N–H and O–H groups in total. The van der Waals surface area contributed by atoms with Crippen molar-refractivity contribution in [3.63, 3.8) is 0 Å². The van der Waals surface area contributed by atoms with Crippen LogP contribution in [0.25, 0.3) is 11.0 Å². The van der Waals surface area contributed by atoms with E-state index in [1.54, 1.807) is 42.2 Å². The summed E-state index contributed by atoms with van der Waals surface area (Å²) < 4.78 is 6.02. The summed E-state index contributed by atoms with van der Waals surface area (Å²) in [6, 6.07) is 11.7. The quantitative estimate of drug-likeness (QED) is 0.339. The number of thiazole rings is 1. The summed E-state index contributed by atoms with van der Waals surface area (Å²) in [5, 5.41) is 0.628. The van der Waals surface area contributed by atoms with E-state index in [-0.39, 0.29) is 33.2 Å². The number of para-hydroxylation sites is 1. The number of amides is 2. The zero-order valence-corrected chi connectivity index (χ0v) is 21.7. The lowest BCUT2D eigenvalue weighted by Crippen LogP contribution is -2.53. The second-order valence-electron chi connectivity index (χ2n) is 9.07. The molecule has 1 spiro atoms. The van der Waals surface area contributed by atoms with Crippen molar-refractivity contribution in [2.24, 2.45) is 0 Å². The molecule has 2 aromatic heterocycles. The standard InChI is InChI=1S/C27H20ClN3O5S/c1-4-11-30-18-8-6-5-7-17(18)27(25(30)35)20-21(33)16-12-15(28)9-10-19(16)36-22(20)24(34)31(27)26-29-13(2)23(37-26)14(3)32/h5-10,12H,4,11H2,1-3H3. The van der Waals surface area contributed by atoms with Crippen molar-refractivity contribution in [2.75, 3.05) is 16.3 Å². The number of anilines is 2. The second kappa shape index (κ2) is 8.09. The molecule has 6 rings (SSSR count). The van der Waals surface area contributed by atoms with Crippen LogP contribution in [0.3, 0.4) is 0 Å². The Kier molecular flexibility index (Phi) is 5.15. The molecule has 0 bridgehead atoms. The summed E-state index contributed by atoms with van der Waals surface area (Å²) in [5.41, 5.74) is -0.726. The van der Waals surface area contributed by atoms with E-state index >= 15 is 0 Å². The van der Waals surface area contributed by atoms with E-state index in [1.165, 1.54) is 24.0 Å². The van der Waals surface area contributed by atoms with Gasteiger partial charge in [0.2, 0.25) is 5.76 Å². The Hall–Kier alpha value is -3.82. The summed E-state index contributed by atoms with van der Waals surface area (Å²) in [6.45, 7) is 5.42. The van der Waals surface area contributed by atoms with E-state index in [0.717, 1.165) is 11.3 Å². The lowest BCUT2D eigenvalue weighted by atomic mass is 9.84. The number of Topliss-reactive ketones (excluding diaryl/α,β-unsaturated/α-hetero) is 1. The van der Waals surface area contributed by atoms with Crippen molar-refractivity contribution >= 4 is 62.3 Å². The number of fused-ring (bicyclic) bond motifs is 5. The fourth-order valence-electron chi connectivity index (χ4n) is 5.39. The van der Waals surface area contributed by atoms with Crippen LogP contribution in [0.2, 0.25) is 5.02 Å². The molecule has 0 aliphatic carbocycles. The lowest BCUT2D eigenvalue weighted by Gasteiger charge is -2.32. The topological polar surface area (TPSA) is 101 Å². The van der Waals surface area contributed by atoms with E-state index in [0.29, 0.717) is 39.8 Å². The van der Waals surface area contributed by atoms with Gasteiger partial charge in [-0.2, -0.15) is 0 Å². The molecular formula is C27H20ClN3O5S. The molecule has 2 amide bonds. The summed E-state index contributed by atoms with van der Waals surface area (Å²) in [4.78, 5) is 62.7. The van der Waals surface area contributed by atoms with Gasteiger partial charge in [0, 0.05) is 24.1 Å². The van der Waals surface area contributed by atoms with Gasteiger partial charge in [-0.05, 0) is 37.6 Å². The van der Waals surface area contributed by atoms with E-state index in [2.05, 4.69) is 4.98 Å². The lowest BCUT2D eigenvalue weighted by molar-refractivity contribution is -0.121. The van der Waals surface area contributed by atoms with Gasteiger partial charge >= 0.3 is 0 Å². The minimum absolute atomic E-state index is 0.0689. The monoisotopic (exact) mass is 533 g/mol. The molecule has 8 nitrogen and oxygen atoms in total. The van der Waals surface area contributed by atoms with Gasteiger partial charge in [0.1, 0.15) is 5.58 Å². The van der Waals surface area contributed by atoms with E-state index in [4.69, 9.17) is 16.0 Å². The number of aromatic nitrogens is 1. The van der Waals surface area contributed by atoms with Gasteiger partial charge in [-0.25, -0.2) is 4.98 Å². The molecule has 37 heavy (non-hydrogen) atoms. The van der Waals surface area contributed by atoms with Crippen molar-refractivity contribution in [1.29, 1.82) is 0 Å². The maximum absolute atomic E-state index is 14.5. The number of nitrogens with zero attached hydrogens (tertiary/aromatic N) is 3. The molecule has 4 heterocycles. The van der Waals surface area contributed by atoms with Gasteiger partial charge in [0.15, 0.2) is 21.9 Å². The maximum atomic E-state index is 14.5. The highest BCUT2D eigenvalue weighted by Gasteiger charge is 2.66. The van der Waals surface area contributed by atoms with Crippen molar-refractivity contribution in [1.82, 2.24) is 4.98 Å². The summed E-state index contributed by atoms with van der Waals surface area (Å²) in [6.07, 6.45) is 0.656. The number of hydrogen-bond acceptors (Lipinski definition) is 7. The van der Waals surface area contributed by atoms with Gasteiger partial charge in [-0.1, -0.05) is 48.1 Å². The Balaban J connectivity index is 1.77. The predicted molar refractivity (Wildman–Crippen MR) is 141 cm³/mol. The molecule has 2 aliphatic rings. The van der Waals surface area contributed by atoms with Gasteiger partial charge in [-0.15, -0.1) is 0 Å². The number of halogens is 1. The van der Waals surface area contributed by atoms with Gasteiger partial charge < -0.3 is 9.32 Å². The van der Waals surface area contributed by atoms with Gasteiger partial charge in [-0.3, -0.25) is 24.1 Å². The van der Waals surface area contributed by atoms with Crippen LogP contribution in [-0.2, 0) is 10.3 Å². The highest BCUT2D eigenvalue weighted by Crippen LogP contribution is 2.54. The minimum Gasteiger partial charge on any atom is -0.450 e. The number of ketones is 1. The fourth-order valence-corrected chi connectivity index (χ4v) is 6.57. The van der Waals surface area contributed by atoms with Crippen LogP contribution in [0.1, 0.15) is 57.3 Å². The molecule has 10 heteroatoms. The Labute approximate surface area is 220 Å². The third kappa shape index (κ3) is 2.98. The first-order chi connectivity index (χ1) is 17.7. The van der Waals surface area contributed by atoms with Crippen LogP contribution in [-0.4, -0.2) is 29.1 Å². The van der Waals surface area contributed by atoms with Crippen molar-refractivity contribution in [2.45, 2.75) is 32.7 Å². The number of benzene rings is 2. The number of carbonyl (C=O) groups excluding carboxylic acids is 3. The molecule has 1 atom stereocenters. The molecular weight excluding hydrogens is 514 g/mol. The largest absolute Gasteiger partial charge is 0.450 e. The van der Waals surface area contributed by atoms with Crippen LogP contribution in [0.5, 0.6) is 0 Å². The Bertz CT molecular complexity index is 1740. The average Bonchev–Trinajstić information content (AvgIpc) is 3.46. The fraction of sp³-hybridized carbons (Fsp3) is 0.222. The van der Waals surface area contributed by atoms with Crippen LogP contribution < -0.4 is 15.2 Å². The summed E-state index contributed by atoms with van der Waals surface area (Å²) in [5.74, 6) is -1.55. The van der Waals surface area contributed by atoms with Crippen LogP contribution in [0, 0.1) is 6.92 Å². The molecule has 186 valence electrons. The Morgan fingerprint density at radius 1 is 1.16 bits per heavy atom. The van der Waals surface area contributed by atoms with E-state index in [9.17, 15) is 19.2 Å². The highest BCUT2D eigenvalue weighted by molar-refractivity contribution is 7.17. The van der Waals surface area contributed by atoms with Crippen LogP contribution >= 0.6 is 22.9 Å². The molecule has 4 aromatic rings. The molecule has 0 radical (unpaired) electrons. The molecule has 0 fully saturated rings. The van der Waals surface area contributed by atoms with Crippen molar-refractivity contribution < 1.29 is 18.8 Å². The third-order valence-electron chi connectivity index (χ3n) is 6.83. The second-order valence-corrected chi connectivity index (χ2v) is 10.5. The zero-order valence-electron chi connectivity index (χ0n) is 20.1. The van der Waals surface area contributed by atoms with Crippen molar-refractivity contribution in [3.8, 4) is 0 Å². The van der Waals surface area contributed by atoms with Crippen molar-refractivity contribution in [3.05, 3.63) is 85.2 Å². The first-order valence-corrected chi connectivity index (χ1v) is 12.9. The van der Waals surface area contributed by atoms with Gasteiger partial charge in [0.05, 0.1) is 27.2 Å². The Morgan fingerprint density at radius 2 is 1.92 bits per heavy atom. The Morgan fingerprint density at radius 3 is 2.62 bits per heavy atom. The number of hydrogen-bond donors (Lipinski definition) is 0. The molecule has 2 aromatic carbocycles. The summed E-state index contributed by atoms with van der Waals surface area (Å²) >= 11 is 7.21. The normalized spacial score (nSPS) is 18.3. The maximum Gasteiger partial charge on any atom is 0.297 e. The molecule has 0 saturated carbocycles. The highest BCUT2D eigenvalue weighted by atomic mass is 35.5. The van der Waals surface area contributed by atoms with E-state index in [1.807, 2.05) is 6.92 Å². The van der Waals surface area contributed by atoms with Crippen LogP contribution in [0.15, 0.2) is 51.7 Å². The third-order valence-corrected chi connectivity index (χ3v) is 8.31. The van der Waals surface area contributed by atoms with Crippen LogP contribution in [0.4, 0.5) is 10.8 Å².